The van der Waals surface area contributed by atoms with Gasteiger partial charge in [-0.2, -0.15) is 0 Å². The van der Waals surface area contributed by atoms with E-state index in [2.05, 4.69) is 4.99 Å². The topological polar surface area (TPSA) is 74.2 Å². The van der Waals surface area contributed by atoms with Crippen LogP contribution in [0.3, 0.4) is 0 Å². The number of benzene rings is 3. The van der Waals surface area contributed by atoms with Gasteiger partial charge < -0.3 is 14.2 Å². The minimum absolute atomic E-state index is 0.143. The van der Waals surface area contributed by atoms with Gasteiger partial charge in [0.1, 0.15) is 5.82 Å². The molecule has 0 amide bonds. The Morgan fingerprint density at radius 1 is 1.03 bits per heavy atom. The summed E-state index contributed by atoms with van der Waals surface area (Å²) in [5, 5.41) is 0. The molecule has 3 aromatic carbocycles. The lowest BCUT2D eigenvalue weighted by Gasteiger charge is -2.11. The van der Waals surface area contributed by atoms with Crippen LogP contribution >= 0.6 is 0 Å². The molecule has 0 fully saturated rings. The summed E-state index contributed by atoms with van der Waals surface area (Å²) in [7, 11) is 0. The number of hydrogen-bond donors (Lipinski definition) is 0. The Kier molecular flexibility index (Phi) is 6.31. The van der Waals surface area contributed by atoms with Crippen molar-refractivity contribution in [3.05, 3.63) is 100 Å². The van der Waals surface area contributed by atoms with E-state index in [1.807, 2.05) is 31.2 Å². The molecule has 1 heterocycles. The summed E-state index contributed by atoms with van der Waals surface area (Å²) in [6, 6.07) is 17.4. The van der Waals surface area contributed by atoms with E-state index in [9.17, 15) is 14.0 Å². The molecule has 0 bridgehead atoms. The number of rotatable bonds is 6. The summed E-state index contributed by atoms with van der Waals surface area (Å²) >= 11 is 0. The van der Waals surface area contributed by atoms with Crippen molar-refractivity contribution in [1.82, 2.24) is 0 Å². The Bertz CT molecular complexity index is 1260. The van der Waals surface area contributed by atoms with Crippen molar-refractivity contribution < 1.29 is 28.2 Å². The van der Waals surface area contributed by atoms with Crippen molar-refractivity contribution in [1.29, 1.82) is 0 Å². The molecule has 0 saturated carbocycles. The minimum atomic E-state index is -0.645. The van der Waals surface area contributed by atoms with E-state index in [1.165, 1.54) is 24.3 Å². The predicted molar refractivity (Wildman–Crippen MR) is 121 cm³/mol. The number of aliphatic imine (C=N–C) groups is 1. The maximum absolute atomic E-state index is 13.1. The molecule has 0 atom stereocenters. The van der Waals surface area contributed by atoms with Gasteiger partial charge in [-0.1, -0.05) is 23.8 Å². The molecular weight excluding hydrogens is 425 g/mol. The minimum Gasteiger partial charge on any atom is -0.490 e. The van der Waals surface area contributed by atoms with Crippen LogP contribution in [-0.4, -0.2) is 24.4 Å². The fraction of sp³-hybridized carbons (Fsp3) is 0.115. The summed E-state index contributed by atoms with van der Waals surface area (Å²) in [6.07, 6.45) is 1.57. The molecule has 0 N–H and O–H groups in total. The molecular formula is C26H20FNO5. The second-order valence-corrected chi connectivity index (χ2v) is 7.24. The summed E-state index contributed by atoms with van der Waals surface area (Å²) < 4.78 is 29.4. The third kappa shape index (κ3) is 5.15. The van der Waals surface area contributed by atoms with Gasteiger partial charge in [0.15, 0.2) is 17.2 Å². The van der Waals surface area contributed by atoms with E-state index in [1.54, 1.807) is 31.2 Å². The third-order valence-corrected chi connectivity index (χ3v) is 4.77. The lowest BCUT2D eigenvalue weighted by molar-refractivity contribution is -0.129. The highest BCUT2D eigenvalue weighted by Gasteiger charge is 2.24. The molecule has 0 saturated heterocycles. The van der Waals surface area contributed by atoms with Crippen LogP contribution in [0.4, 0.5) is 4.39 Å². The van der Waals surface area contributed by atoms with Crippen LogP contribution in [-0.2, 0) is 9.53 Å². The van der Waals surface area contributed by atoms with E-state index in [4.69, 9.17) is 14.2 Å². The van der Waals surface area contributed by atoms with Crippen molar-refractivity contribution in [2.75, 3.05) is 6.61 Å². The van der Waals surface area contributed by atoms with Gasteiger partial charge in [-0.15, -0.1) is 0 Å². The average molecular weight is 445 g/mol. The highest BCUT2D eigenvalue weighted by atomic mass is 19.1. The maximum atomic E-state index is 13.1. The Morgan fingerprint density at radius 3 is 2.45 bits per heavy atom. The van der Waals surface area contributed by atoms with E-state index in [0.29, 0.717) is 23.5 Å². The van der Waals surface area contributed by atoms with Crippen LogP contribution in [0, 0.1) is 12.7 Å². The zero-order valence-corrected chi connectivity index (χ0v) is 18.0. The van der Waals surface area contributed by atoms with Crippen molar-refractivity contribution >= 4 is 23.9 Å². The first-order valence-electron chi connectivity index (χ1n) is 10.3. The summed E-state index contributed by atoms with van der Waals surface area (Å²) in [5.74, 6) is -0.898. The standard InChI is InChI=1S/C26H20FNO5/c1-3-31-23-15-17(6-13-22(23)32-25(29)19-9-11-20(27)12-10-19)14-21-26(30)33-24(28-21)18-7-4-16(2)5-8-18/h4-15H,3H2,1-2H3/b21-14+. The van der Waals surface area contributed by atoms with Gasteiger partial charge in [0.05, 0.1) is 12.2 Å². The van der Waals surface area contributed by atoms with Gasteiger partial charge in [-0.3, -0.25) is 0 Å². The Hall–Kier alpha value is -4.26. The van der Waals surface area contributed by atoms with Crippen LogP contribution in [0.1, 0.15) is 34.0 Å². The Labute approximate surface area is 189 Å². The summed E-state index contributed by atoms with van der Waals surface area (Å²) in [4.78, 5) is 29.0. The maximum Gasteiger partial charge on any atom is 0.363 e. The second-order valence-electron chi connectivity index (χ2n) is 7.24. The quantitative estimate of drug-likeness (QED) is 0.300. The zero-order chi connectivity index (χ0) is 23.4. The van der Waals surface area contributed by atoms with Gasteiger partial charge in [-0.05, 0) is 74.0 Å². The van der Waals surface area contributed by atoms with Crippen LogP contribution in [0.15, 0.2) is 77.4 Å². The smallest absolute Gasteiger partial charge is 0.363 e. The van der Waals surface area contributed by atoms with Gasteiger partial charge in [-0.25, -0.2) is 19.0 Å². The molecule has 0 radical (unpaired) electrons. The van der Waals surface area contributed by atoms with Crippen molar-refractivity contribution in [3.8, 4) is 11.5 Å². The third-order valence-electron chi connectivity index (χ3n) is 4.77. The SMILES string of the molecule is CCOc1cc(/C=C2/N=C(c3ccc(C)cc3)OC2=O)ccc1OC(=O)c1ccc(F)cc1. The van der Waals surface area contributed by atoms with Crippen LogP contribution in [0.2, 0.25) is 0 Å². The number of aryl methyl sites for hydroxylation is 1. The molecule has 3 aromatic rings. The number of ether oxygens (including phenoxy) is 3. The first-order chi connectivity index (χ1) is 15.9. The highest BCUT2D eigenvalue weighted by Crippen LogP contribution is 2.31. The molecule has 0 aliphatic carbocycles. The molecule has 7 heteroatoms. The monoisotopic (exact) mass is 445 g/mol. The van der Waals surface area contributed by atoms with E-state index < -0.39 is 17.8 Å². The largest absolute Gasteiger partial charge is 0.490 e. The Morgan fingerprint density at radius 2 is 1.76 bits per heavy atom. The molecule has 0 aromatic heterocycles. The van der Waals surface area contributed by atoms with Crippen LogP contribution in [0.25, 0.3) is 6.08 Å². The van der Waals surface area contributed by atoms with Crippen molar-refractivity contribution in [3.63, 3.8) is 0 Å². The molecule has 1 aliphatic heterocycles. The van der Waals surface area contributed by atoms with Crippen molar-refractivity contribution in [2.45, 2.75) is 13.8 Å². The second kappa shape index (κ2) is 9.48. The number of nitrogens with zero attached hydrogens (tertiary/aromatic N) is 1. The van der Waals surface area contributed by atoms with E-state index in [0.717, 1.165) is 5.56 Å². The van der Waals surface area contributed by atoms with Gasteiger partial charge in [0.25, 0.3) is 0 Å². The number of carbonyl (C=O) groups excluding carboxylic acids is 2. The zero-order valence-electron chi connectivity index (χ0n) is 18.0. The van der Waals surface area contributed by atoms with Gasteiger partial charge in [0, 0.05) is 5.56 Å². The number of carbonyl (C=O) groups is 2. The fourth-order valence-corrected chi connectivity index (χ4v) is 3.10. The lowest BCUT2D eigenvalue weighted by Crippen LogP contribution is -2.09. The summed E-state index contributed by atoms with van der Waals surface area (Å²) in [5.41, 5.74) is 2.75. The molecule has 0 spiro atoms. The van der Waals surface area contributed by atoms with Gasteiger partial charge >= 0.3 is 11.9 Å². The van der Waals surface area contributed by atoms with Crippen LogP contribution in [0.5, 0.6) is 11.5 Å². The van der Waals surface area contributed by atoms with E-state index in [-0.39, 0.29) is 22.9 Å². The molecule has 166 valence electrons. The first kappa shape index (κ1) is 22.0. The Balaban J connectivity index is 1.58. The first-order valence-corrected chi connectivity index (χ1v) is 10.3. The normalized spacial score (nSPS) is 14.1. The molecule has 33 heavy (non-hydrogen) atoms. The molecule has 6 nitrogen and oxygen atoms in total. The van der Waals surface area contributed by atoms with Gasteiger partial charge in [0.2, 0.25) is 5.90 Å². The lowest BCUT2D eigenvalue weighted by atomic mass is 10.1. The number of hydrogen-bond acceptors (Lipinski definition) is 6. The highest BCUT2D eigenvalue weighted by molar-refractivity contribution is 6.12. The molecule has 4 rings (SSSR count). The predicted octanol–water partition coefficient (Wildman–Crippen LogP) is 5.10. The number of halogens is 1. The summed E-state index contributed by atoms with van der Waals surface area (Å²) in [6.45, 7) is 4.09. The fourth-order valence-electron chi connectivity index (χ4n) is 3.10. The number of cyclic esters (lactones) is 1. The molecule has 0 unspecified atom stereocenters. The molecule has 1 aliphatic rings. The average Bonchev–Trinajstić information content (AvgIpc) is 3.16. The van der Waals surface area contributed by atoms with Crippen molar-refractivity contribution in [2.24, 2.45) is 4.99 Å². The van der Waals surface area contributed by atoms with Crippen LogP contribution < -0.4 is 9.47 Å². The number of esters is 2. The van der Waals surface area contributed by atoms with E-state index >= 15 is 0 Å².